The van der Waals surface area contributed by atoms with Gasteiger partial charge in [-0.1, -0.05) is 79.7 Å². The van der Waals surface area contributed by atoms with Gasteiger partial charge in [-0.3, -0.25) is 8.97 Å². The van der Waals surface area contributed by atoms with Gasteiger partial charge in [0.15, 0.2) is 11.5 Å². The lowest BCUT2D eigenvalue weighted by Gasteiger charge is -2.33. The summed E-state index contributed by atoms with van der Waals surface area (Å²) >= 11 is 0. The van der Waals surface area contributed by atoms with Crippen molar-refractivity contribution in [2.75, 3.05) is 0 Å². The molecule has 3 nitrogen and oxygen atoms in total. The summed E-state index contributed by atoms with van der Waals surface area (Å²) in [6, 6.07) is 21.4. The first kappa shape index (κ1) is 24.8. The highest BCUT2D eigenvalue weighted by Gasteiger charge is 2.48. The third kappa shape index (κ3) is 2.89. The van der Waals surface area contributed by atoms with Crippen LogP contribution in [0.15, 0.2) is 60.7 Å². The molecule has 0 fully saturated rings. The number of halogens is 1. The summed E-state index contributed by atoms with van der Waals surface area (Å²) in [6.07, 6.45) is 0. The topological polar surface area (TPSA) is 18.6 Å². The van der Waals surface area contributed by atoms with Crippen molar-refractivity contribution in [3.05, 3.63) is 77.6 Å². The van der Waals surface area contributed by atoms with E-state index in [9.17, 15) is 0 Å². The fraction of sp³-hybridized carbons (Fsp3) is 0.278. The summed E-state index contributed by atoms with van der Waals surface area (Å²) in [4.78, 5) is 0. The first-order valence-corrected chi connectivity index (χ1v) is 14.9. The first-order valence-electron chi connectivity index (χ1n) is 14.9. The minimum Gasteiger partial charge on any atom is -0.458 e. The minimum atomic E-state index is -0.174. The third-order valence-electron chi connectivity index (χ3n) is 9.27. The lowest BCUT2D eigenvalue weighted by atomic mass is 9.36. The lowest BCUT2D eigenvalue weighted by Crippen LogP contribution is -2.56. The molecule has 2 aromatic heterocycles. The lowest BCUT2D eigenvalue weighted by molar-refractivity contribution is 0.479. The van der Waals surface area contributed by atoms with Gasteiger partial charge in [0.2, 0.25) is 0 Å². The number of ether oxygens (including phenoxy) is 1. The molecule has 204 valence electrons. The van der Waals surface area contributed by atoms with Crippen molar-refractivity contribution < 1.29 is 9.13 Å². The molecule has 0 amide bonds. The van der Waals surface area contributed by atoms with Crippen LogP contribution in [0.4, 0.5) is 4.39 Å². The number of para-hydroxylation sites is 1. The Morgan fingerprint density at radius 3 is 2.07 bits per heavy atom. The van der Waals surface area contributed by atoms with Crippen LogP contribution >= 0.6 is 0 Å². The highest BCUT2D eigenvalue weighted by Crippen LogP contribution is 2.45. The van der Waals surface area contributed by atoms with Gasteiger partial charge >= 0.3 is 0 Å². The van der Waals surface area contributed by atoms with E-state index in [1.54, 1.807) is 0 Å². The number of imidazole rings is 1. The molecule has 0 aliphatic carbocycles. The molecule has 5 heteroatoms. The van der Waals surface area contributed by atoms with Crippen LogP contribution in [0.3, 0.4) is 0 Å². The molecule has 0 spiro atoms. The summed E-state index contributed by atoms with van der Waals surface area (Å²) < 4.78 is 27.6. The average molecular weight is 540 g/mol. The summed E-state index contributed by atoms with van der Waals surface area (Å²) in [5, 5.41) is 0.651. The molecular formula is C36H34BFN2O. The third-order valence-corrected chi connectivity index (χ3v) is 9.27. The van der Waals surface area contributed by atoms with Gasteiger partial charge in [-0.2, -0.15) is 0 Å². The number of fused-ring (bicyclic) bond motifs is 7. The number of nitrogens with zero attached hydrogens (tertiary/aromatic N) is 2. The minimum absolute atomic E-state index is 0.0187. The van der Waals surface area contributed by atoms with Crippen molar-refractivity contribution in [2.24, 2.45) is 0 Å². The molecule has 5 heterocycles. The Hall–Kier alpha value is -3.99. The Balaban J connectivity index is 0.00000125. The monoisotopic (exact) mass is 540 g/mol. The predicted molar refractivity (Wildman–Crippen MR) is 171 cm³/mol. The molecule has 0 saturated carbocycles. The fourth-order valence-electron chi connectivity index (χ4n) is 7.33. The van der Waals surface area contributed by atoms with Crippen LogP contribution < -0.4 is 21.1 Å². The molecule has 0 atom stereocenters. The van der Waals surface area contributed by atoms with Crippen LogP contribution in [0.1, 0.15) is 66.5 Å². The SMILES string of the molecule is CC.CC(C)(C)c1cc2c3c(c1)-c1ccc4c5c1B3c1c(cc(C(C)(C)C)cc1-n5c1c(F)c3ccccc3n41)O2. The molecular weight excluding hydrogens is 506 g/mol. The van der Waals surface area contributed by atoms with Crippen LogP contribution in [0, 0.1) is 5.82 Å². The van der Waals surface area contributed by atoms with Crippen molar-refractivity contribution >= 4 is 50.7 Å². The Bertz CT molecular complexity index is 2130. The second-order valence-electron chi connectivity index (χ2n) is 13.6. The maximum absolute atomic E-state index is 16.4. The second kappa shape index (κ2) is 7.64. The summed E-state index contributed by atoms with van der Waals surface area (Å²) in [5.74, 6) is 1.68. The van der Waals surface area contributed by atoms with E-state index in [4.69, 9.17) is 4.74 Å². The zero-order chi connectivity index (χ0) is 28.7. The van der Waals surface area contributed by atoms with E-state index in [2.05, 4.69) is 86.9 Å². The molecule has 0 saturated heterocycles. The van der Waals surface area contributed by atoms with Crippen LogP contribution in [-0.4, -0.2) is 15.7 Å². The average Bonchev–Trinajstić information content (AvgIpc) is 3.56. The van der Waals surface area contributed by atoms with Gasteiger partial charge in [0.1, 0.15) is 11.5 Å². The van der Waals surface area contributed by atoms with Crippen molar-refractivity contribution in [3.8, 4) is 28.3 Å². The molecule has 41 heavy (non-hydrogen) atoms. The van der Waals surface area contributed by atoms with Crippen molar-refractivity contribution in [1.82, 2.24) is 8.97 Å². The highest BCUT2D eigenvalue weighted by molar-refractivity contribution is 7.02. The van der Waals surface area contributed by atoms with Gasteiger partial charge in [-0.05, 0) is 85.9 Å². The van der Waals surface area contributed by atoms with E-state index >= 15 is 4.39 Å². The predicted octanol–water partition coefficient (Wildman–Crippen LogP) is 7.71. The van der Waals surface area contributed by atoms with Crippen molar-refractivity contribution in [3.63, 3.8) is 0 Å². The molecule has 3 aliphatic rings. The molecule has 0 bridgehead atoms. The fourth-order valence-corrected chi connectivity index (χ4v) is 7.33. The standard InChI is InChI=1S/C34H28BFN2O.C2H6/c1-33(2,3)17-13-21-19-11-12-23-31-28(19)35-27(21)25(15-17)39-26-16-18(34(4,5)6)14-24(29(26)35)38(31)32-30(36)20-9-7-8-10-22(20)37(23)32;1-2/h7-16H,1-6H3;1-2H3. The second-order valence-corrected chi connectivity index (χ2v) is 13.6. The zero-order valence-electron chi connectivity index (χ0n) is 25.0. The zero-order valence-corrected chi connectivity index (χ0v) is 25.0. The van der Waals surface area contributed by atoms with Gasteiger partial charge in [0, 0.05) is 11.1 Å². The van der Waals surface area contributed by atoms with Gasteiger partial charge in [0.25, 0.3) is 6.71 Å². The normalized spacial score (nSPS) is 14.1. The number of benzene rings is 4. The molecule has 0 radical (unpaired) electrons. The number of aromatic nitrogens is 2. The van der Waals surface area contributed by atoms with Gasteiger partial charge in [-0.25, -0.2) is 4.39 Å². The van der Waals surface area contributed by atoms with Crippen LogP contribution in [0.25, 0.3) is 44.4 Å². The van der Waals surface area contributed by atoms with Gasteiger partial charge in [-0.15, -0.1) is 0 Å². The molecule has 9 rings (SSSR count). The summed E-state index contributed by atoms with van der Waals surface area (Å²) in [6.45, 7) is 17.5. The van der Waals surface area contributed by atoms with E-state index in [1.807, 2.05) is 38.1 Å². The molecule has 0 N–H and O–H groups in total. The van der Waals surface area contributed by atoms with Gasteiger partial charge < -0.3 is 4.74 Å². The molecule has 4 aromatic carbocycles. The first-order chi connectivity index (χ1) is 19.5. The smallest absolute Gasteiger partial charge is 0.258 e. The number of hydrogen-bond acceptors (Lipinski definition) is 1. The summed E-state index contributed by atoms with van der Waals surface area (Å²) in [5.41, 5.74) is 13.2. The largest absolute Gasteiger partial charge is 0.458 e. The molecule has 3 aliphatic heterocycles. The Kier molecular flexibility index (Phi) is 4.62. The Morgan fingerprint density at radius 2 is 1.37 bits per heavy atom. The maximum Gasteiger partial charge on any atom is 0.258 e. The number of rotatable bonds is 0. The van der Waals surface area contributed by atoms with E-state index in [1.165, 1.54) is 33.2 Å². The van der Waals surface area contributed by atoms with Crippen LogP contribution in [0.5, 0.6) is 11.5 Å². The van der Waals surface area contributed by atoms with Crippen LogP contribution in [0.2, 0.25) is 0 Å². The quantitative estimate of drug-likeness (QED) is 0.180. The van der Waals surface area contributed by atoms with Crippen LogP contribution in [-0.2, 0) is 10.8 Å². The maximum atomic E-state index is 16.4. The van der Waals surface area contributed by atoms with E-state index in [0.717, 1.165) is 39.2 Å². The molecule has 6 aromatic rings. The van der Waals surface area contributed by atoms with E-state index in [0.29, 0.717) is 11.0 Å². The molecule has 0 unspecified atom stereocenters. The van der Waals surface area contributed by atoms with Crippen molar-refractivity contribution in [2.45, 2.75) is 66.2 Å². The Labute approximate surface area is 240 Å². The summed E-state index contributed by atoms with van der Waals surface area (Å²) in [7, 11) is 0. The van der Waals surface area contributed by atoms with E-state index in [-0.39, 0.29) is 23.4 Å². The van der Waals surface area contributed by atoms with Gasteiger partial charge in [0.05, 0.1) is 16.6 Å². The Morgan fingerprint density at radius 1 is 0.707 bits per heavy atom. The highest BCUT2D eigenvalue weighted by atomic mass is 19.1. The van der Waals surface area contributed by atoms with E-state index < -0.39 is 0 Å². The number of hydrogen-bond donors (Lipinski definition) is 0. The van der Waals surface area contributed by atoms with Crippen molar-refractivity contribution in [1.29, 1.82) is 0 Å².